The molecule has 0 spiro atoms. The number of nitrogens with two attached hydrogens (primary N) is 2. The van der Waals surface area contributed by atoms with Crippen LogP contribution in [0.3, 0.4) is 0 Å². The minimum Gasteiger partial charge on any atom is -0.382 e. The van der Waals surface area contributed by atoms with Gasteiger partial charge in [0.05, 0.1) is 31.5 Å². The minimum absolute atomic E-state index is 0.00742. The highest BCUT2D eigenvalue weighted by Crippen LogP contribution is 2.39. The number of anilines is 1. The number of rotatable bonds is 6. The Morgan fingerprint density at radius 1 is 1.27 bits per heavy atom. The molecule has 8 N–H and O–H groups in total. The van der Waals surface area contributed by atoms with Gasteiger partial charge >= 0.3 is 0 Å². The molecule has 30 heavy (non-hydrogen) atoms. The second-order valence-corrected chi connectivity index (χ2v) is 6.96. The van der Waals surface area contributed by atoms with E-state index in [4.69, 9.17) is 16.2 Å². The Morgan fingerprint density at radius 3 is 2.70 bits per heavy atom. The largest absolute Gasteiger partial charge is 0.382 e. The molecule has 0 aromatic carbocycles. The van der Waals surface area contributed by atoms with Gasteiger partial charge in [-0.2, -0.15) is 15.1 Å². The van der Waals surface area contributed by atoms with Crippen LogP contribution in [0.2, 0.25) is 0 Å². The first-order valence-corrected chi connectivity index (χ1v) is 8.92. The number of imidazole rings is 1. The van der Waals surface area contributed by atoms with Crippen LogP contribution in [0.5, 0.6) is 0 Å². The van der Waals surface area contributed by atoms with Crippen LogP contribution in [-0.4, -0.2) is 74.8 Å². The average Bonchev–Trinajstić information content (AvgIpc) is 3.38. The number of primary amides is 1. The van der Waals surface area contributed by atoms with Gasteiger partial charge in [0, 0.05) is 12.1 Å². The third kappa shape index (κ3) is 3.46. The quantitative estimate of drug-likeness (QED) is 0.221. The molecule has 0 radical (unpaired) electrons. The van der Waals surface area contributed by atoms with Crippen molar-refractivity contribution in [3.8, 4) is 5.95 Å². The summed E-state index contributed by atoms with van der Waals surface area (Å²) in [7, 11) is 0. The molecule has 4 heterocycles. The van der Waals surface area contributed by atoms with Gasteiger partial charge in [-0.1, -0.05) is 0 Å². The normalized spacial score (nSPS) is 21.9. The van der Waals surface area contributed by atoms with Crippen molar-refractivity contribution in [1.82, 2.24) is 29.3 Å². The van der Waals surface area contributed by atoms with Gasteiger partial charge in [0.15, 0.2) is 24.0 Å². The Bertz CT molecular complexity index is 1080. The molecule has 1 amide bonds. The number of ether oxygens (including phenoxy) is 1. The smallest absolute Gasteiger partial charge is 0.254 e. The Labute approximate surface area is 168 Å². The van der Waals surface area contributed by atoms with Crippen LogP contribution in [0.25, 0.3) is 17.1 Å². The molecule has 0 saturated carbocycles. The molecule has 14 heteroatoms. The van der Waals surface area contributed by atoms with E-state index in [-0.39, 0.29) is 36.0 Å². The lowest BCUT2D eigenvalue weighted by Gasteiger charge is -2.26. The van der Waals surface area contributed by atoms with Crippen molar-refractivity contribution in [2.75, 3.05) is 12.3 Å². The summed E-state index contributed by atoms with van der Waals surface area (Å²) >= 11 is 0. The van der Waals surface area contributed by atoms with Crippen molar-refractivity contribution >= 4 is 22.9 Å². The summed E-state index contributed by atoms with van der Waals surface area (Å²) in [5.74, 6) is -2.40. The van der Waals surface area contributed by atoms with Crippen LogP contribution in [0.4, 0.5) is 5.82 Å². The van der Waals surface area contributed by atoms with Crippen LogP contribution >= 0.6 is 0 Å². The molecular formula is C16H20N8O6. The number of aliphatic hydroxyl groups is 4. The van der Waals surface area contributed by atoms with E-state index in [1.165, 1.54) is 28.0 Å². The van der Waals surface area contributed by atoms with Gasteiger partial charge < -0.3 is 36.6 Å². The van der Waals surface area contributed by atoms with Crippen LogP contribution in [0.1, 0.15) is 11.8 Å². The molecule has 1 fully saturated rings. The zero-order valence-electron chi connectivity index (χ0n) is 15.5. The second kappa shape index (κ2) is 7.58. The van der Waals surface area contributed by atoms with E-state index >= 15 is 0 Å². The molecule has 1 aliphatic rings. The fraction of sp³-hybridized carbons (Fsp3) is 0.438. The van der Waals surface area contributed by atoms with Crippen molar-refractivity contribution in [3.05, 3.63) is 24.3 Å². The van der Waals surface area contributed by atoms with E-state index < -0.39 is 36.6 Å². The molecule has 3 aromatic heterocycles. The molecule has 4 rings (SSSR count). The fourth-order valence-electron chi connectivity index (χ4n) is 3.54. The highest BCUT2D eigenvalue weighted by atomic mass is 16.5. The number of nitrogen functional groups attached to an aromatic ring is 1. The van der Waals surface area contributed by atoms with E-state index in [9.17, 15) is 25.2 Å². The lowest BCUT2D eigenvalue weighted by Crippen LogP contribution is -2.36. The first-order chi connectivity index (χ1) is 14.3. The zero-order chi connectivity index (χ0) is 21.6. The molecule has 1 saturated heterocycles. The van der Waals surface area contributed by atoms with Gasteiger partial charge in [0.2, 0.25) is 5.91 Å². The van der Waals surface area contributed by atoms with Gasteiger partial charge in [-0.05, 0) is 5.56 Å². The SMILES string of the molecule is NC(=O)Cc1cnn(-c2nc(N)c3ncn([C@@H]4OC[C@@H](C(O)O)[C@H]4C(O)O)c3n2)c1. The number of nitrogens with zero attached hydrogens (tertiary/aromatic N) is 6. The van der Waals surface area contributed by atoms with Gasteiger partial charge in [0.1, 0.15) is 11.7 Å². The number of hydrogen-bond acceptors (Lipinski definition) is 11. The second-order valence-electron chi connectivity index (χ2n) is 6.96. The van der Waals surface area contributed by atoms with Crippen molar-refractivity contribution in [2.24, 2.45) is 17.6 Å². The maximum absolute atomic E-state index is 11.1. The number of amides is 1. The molecule has 0 unspecified atom stereocenters. The summed E-state index contributed by atoms with van der Waals surface area (Å²) in [6, 6.07) is 0. The summed E-state index contributed by atoms with van der Waals surface area (Å²) in [4.78, 5) is 23.8. The summed E-state index contributed by atoms with van der Waals surface area (Å²) in [6.45, 7) is -0.118. The molecule has 0 bridgehead atoms. The van der Waals surface area contributed by atoms with Gasteiger partial charge in [-0.25, -0.2) is 9.67 Å². The molecule has 1 aliphatic heterocycles. The Kier molecular flexibility index (Phi) is 5.08. The van der Waals surface area contributed by atoms with Crippen LogP contribution < -0.4 is 11.5 Å². The Morgan fingerprint density at radius 2 is 2.03 bits per heavy atom. The standard InChI is InChI=1S/C16H20N8O6/c17-8(25)1-6-2-20-24(3-6)16-21-11(18)10-12(22-16)23(5-19-10)13-9(15(28)29)7(4-30-13)14(26)27/h2-3,5,7,9,13-15,26-29H,1,4H2,(H2,17,25)(H2,18,21,22)/t7-,9-,13-/m1/s1. The lowest BCUT2D eigenvalue weighted by atomic mass is 9.92. The van der Waals surface area contributed by atoms with E-state index in [0.29, 0.717) is 5.56 Å². The molecule has 3 aromatic rings. The van der Waals surface area contributed by atoms with Crippen molar-refractivity contribution in [2.45, 2.75) is 25.2 Å². The van der Waals surface area contributed by atoms with Gasteiger partial charge in [-0.3, -0.25) is 9.36 Å². The first kappa shape index (κ1) is 20.1. The maximum atomic E-state index is 11.1. The van der Waals surface area contributed by atoms with E-state index in [1.807, 2.05) is 0 Å². The third-order valence-corrected chi connectivity index (χ3v) is 4.94. The van der Waals surface area contributed by atoms with E-state index in [1.54, 1.807) is 0 Å². The van der Waals surface area contributed by atoms with E-state index in [0.717, 1.165) is 0 Å². The Balaban J connectivity index is 1.76. The summed E-state index contributed by atoms with van der Waals surface area (Å²) in [5.41, 5.74) is 12.2. The summed E-state index contributed by atoms with van der Waals surface area (Å²) in [6.07, 6.45) is -0.386. The maximum Gasteiger partial charge on any atom is 0.254 e. The highest BCUT2D eigenvalue weighted by Gasteiger charge is 2.46. The van der Waals surface area contributed by atoms with Gasteiger partial charge in [0.25, 0.3) is 5.95 Å². The number of hydrogen-bond donors (Lipinski definition) is 6. The molecule has 0 aliphatic carbocycles. The first-order valence-electron chi connectivity index (χ1n) is 8.92. The number of carbonyl (C=O) groups excluding carboxylic acids is 1. The monoisotopic (exact) mass is 420 g/mol. The fourth-order valence-corrected chi connectivity index (χ4v) is 3.54. The minimum atomic E-state index is -1.89. The summed E-state index contributed by atoms with van der Waals surface area (Å²) < 4.78 is 8.31. The predicted molar refractivity (Wildman–Crippen MR) is 98.2 cm³/mol. The van der Waals surface area contributed by atoms with Crippen molar-refractivity contribution in [3.63, 3.8) is 0 Å². The molecule has 14 nitrogen and oxygen atoms in total. The highest BCUT2D eigenvalue weighted by molar-refractivity contribution is 5.82. The third-order valence-electron chi connectivity index (χ3n) is 4.94. The number of aliphatic hydroxyl groups excluding tert-OH is 2. The van der Waals surface area contributed by atoms with Crippen LogP contribution in [0, 0.1) is 11.8 Å². The van der Waals surface area contributed by atoms with Gasteiger partial charge in [-0.15, -0.1) is 0 Å². The van der Waals surface area contributed by atoms with Crippen LogP contribution in [0.15, 0.2) is 18.7 Å². The topological polar surface area (TPSA) is 221 Å². The van der Waals surface area contributed by atoms with Crippen molar-refractivity contribution in [1.29, 1.82) is 0 Å². The molecule has 3 atom stereocenters. The lowest BCUT2D eigenvalue weighted by molar-refractivity contribution is -0.158. The van der Waals surface area contributed by atoms with Crippen LogP contribution in [-0.2, 0) is 16.0 Å². The number of aromatic nitrogens is 6. The average molecular weight is 420 g/mol. The molecule has 160 valence electrons. The number of fused-ring (bicyclic) bond motifs is 1. The number of carbonyl (C=O) groups is 1. The summed E-state index contributed by atoms with van der Waals surface area (Å²) in [5, 5.41) is 42.7. The van der Waals surface area contributed by atoms with E-state index in [2.05, 4.69) is 20.1 Å². The Hall–Kier alpha value is -3.17. The predicted octanol–water partition coefficient (Wildman–Crippen LogP) is -3.00. The van der Waals surface area contributed by atoms with Crippen molar-refractivity contribution < 1.29 is 30.0 Å². The molecular weight excluding hydrogens is 400 g/mol. The zero-order valence-corrected chi connectivity index (χ0v) is 15.5.